The third kappa shape index (κ3) is 2.40. The highest BCUT2D eigenvalue weighted by Gasteiger charge is 2.40. The summed E-state index contributed by atoms with van der Waals surface area (Å²) in [7, 11) is 3.94. The summed E-state index contributed by atoms with van der Waals surface area (Å²) in [5.41, 5.74) is -0.431. The van der Waals surface area contributed by atoms with Crippen LogP contribution in [0.2, 0.25) is 0 Å². The summed E-state index contributed by atoms with van der Waals surface area (Å²) >= 11 is 0. The zero-order valence-electron chi connectivity index (χ0n) is 8.74. The molecule has 1 aliphatic carbocycles. The van der Waals surface area contributed by atoms with Gasteiger partial charge in [-0.1, -0.05) is 21.6 Å². The van der Waals surface area contributed by atoms with E-state index in [-0.39, 0.29) is 0 Å². The van der Waals surface area contributed by atoms with E-state index in [1.807, 2.05) is 28.5 Å². The van der Waals surface area contributed by atoms with E-state index in [1.165, 1.54) is 24.3 Å². The molecule has 1 saturated heterocycles. The van der Waals surface area contributed by atoms with Gasteiger partial charge in [0.25, 0.3) is 0 Å². The van der Waals surface area contributed by atoms with Gasteiger partial charge in [0.1, 0.15) is 0 Å². The fraction of sp³-hybridized carbons (Fsp3) is 1.00. The van der Waals surface area contributed by atoms with Crippen LogP contribution in [0.3, 0.4) is 0 Å². The third-order valence-corrected chi connectivity index (χ3v) is 5.69. The van der Waals surface area contributed by atoms with Gasteiger partial charge in [-0.3, -0.25) is 4.90 Å². The Morgan fingerprint density at radius 1 is 1.29 bits per heavy atom. The van der Waals surface area contributed by atoms with Crippen molar-refractivity contribution < 1.29 is 5.11 Å². The van der Waals surface area contributed by atoms with Crippen LogP contribution >= 0.6 is 21.6 Å². The zero-order chi connectivity index (χ0) is 10.0. The van der Waals surface area contributed by atoms with Gasteiger partial charge in [0.15, 0.2) is 0 Å². The predicted octanol–water partition coefficient (Wildman–Crippen LogP) is 1.99. The minimum absolute atomic E-state index is 0.418. The van der Waals surface area contributed by atoms with Crippen LogP contribution in [0.4, 0.5) is 0 Å². The maximum atomic E-state index is 10.2. The average molecular weight is 233 g/mol. The molecule has 2 aliphatic rings. The first-order valence-electron chi connectivity index (χ1n) is 5.41. The Bertz CT molecular complexity index is 191. The van der Waals surface area contributed by atoms with E-state index in [4.69, 9.17) is 0 Å². The number of hydrogen-bond acceptors (Lipinski definition) is 4. The highest BCUT2D eigenvalue weighted by atomic mass is 33.1. The fourth-order valence-electron chi connectivity index (χ4n) is 2.56. The van der Waals surface area contributed by atoms with E-state index >= 15 is 0 Å². The minimum Gasteiger partial charge on any atom is -0.389 e. The molecule has 1 heterocycles. The molecule has 14 heavy (non-hydrogen) atoms. The SMILES string of the molecule is CC1(O)CCCC1N1CCSSCC1. The summed E-state index contributed by atoms with van der Waals surface area (Å²) in [4.78, 5) is 2.50. The first-order valence-corrected chi connectivity index (χ1v) is 7.90. The molecular weight excluding hydrogens is 214 g/mol. The number of hydrogen-bond donors (Lipinski definition) is 1. The Balaban J connectivity index is 1.98. The molecule has 1 N–H and O–H groups in total. The van der Waals surface area contributed by atoms with E-state index in [1.54, 1.807) is 0 Å². The van der Waals surface area contributed by atoms with Crippen LogP contribution in [0.15, 0.2) is 0 Å². The van der Waals surface area contributed by atoms with Crippen molar-refractivity contribution in [2.24, 2.45) is 0 Å². The highest BCUT2D eigenvalue weighted by Crippen LogP contribution is 2.35. The lowest BCUT2D eigenvalue weighted by Crippen LogP contribution is -2.48. The van der Waals surface area contributed by atoms with Crippen LogP contribution in [0.1, 0.15) is 26.2 Å². The number of nitrogens with zero attached hydrogens (tertiary/aromatic N) is 1. The molecule has 1 saturated carbocycles. The molecule has 82 valence electrons. The van der Waals surface area contributed by atoms with Gasteiger partial charge in [-0.05, 0) is 26.2 Å². The van der Waals surface area contributed by atoms with E-state index in [2.05, 4.69) is 4.90 Å². The number of aliphatic hydroxyl groups is 1. The summed E-state index contributed by atoms with van der Waals surface area (Å²) in [6, 6.07) is 0.418. The number of rotatable bonds is 1. The second-order valence-corrected chi connectivity index (χ2v) is 7.15. The molecule has 4 heteroatoms. The smallest absolute Gasteiger partial charge is 0.0774 e. The average Bonchev–Trinajstić information content (AvgIpc) is 2.41. The molecule has 1 aliphatic heterocycles. The maximum absolute atomic E-state index is 10.2. The molecular formula is C10H19NOS2. The first kappa shape index (κ1) is 11.1. The van der Waals surface area contributed by atoms with Crippen molar-refractivity contribution in [3.63, 3.8) is 0 Å². The topological polar surface area (TPSA) is 23.5 Å². The van der Waals surface area contributed by atoms with Crippen LogP contribution in [-0.2, 0) is 0 Å². The van der Waals surface area contributed by atoms with Gasteiger partial charge in [-0.25, -0.2) is 0 Å². The van der Waals surface area contributed by atoms with Crippen molar-refractivity contribution in [3.05, 3.63) is 0 Å². The second-order valence-electron chi connectivity index (χ2n) is 4.45. The molecule has 0 radical (unpaired) electrons. The Morgan fingerprint density at radius 3 is 2.43 bits per heavy atom. The van der Waals surface area contributed by atoms with Crippen molar-refractivity contribution in [3.8, 4) is 0 Å². The Hall–Kier alpha value is 0.620. The van der Waals surface area contributed by atoms with Crippen LogP contribution in [0.25, 0.3) is 0 Å². The molecule has 0 aromatic heterocycles. The normalized spacial score (nSPS) is 41.1. The largest absolute Gasteiger partial charge is 0.389 e. The molecule has 2 nitrogen and oxygen atoms in total. The molecule has 0 amide bonds. The molecule has 2 rings (SSSR count). The molecule has 0 bridgehead atoms. The molecule has 2 fully saturated rings. The van der Waals surface area contributed by atoms with E-state index in [9.17, 15) is 5.11 Å². The lowest BCUT2D eigenvalue weighted by molar-refractivity contribution is -0.00872. The van der Waals surface area contributed by atoms with Gasteiger partial charge in [-0.2, -0.15) is 0 Å². The third-order valence-electron chi connectivity index (χ3n) is 3.33. The van der Waals surface area contributed by atoms with Gasteiger partial charge in [0, 0.05) is 30.6 Å². The summed E-state index contributed by atoms with van der Waals surface area (Å²) in [6.45, 7) is 4.31. The van der Waals surface area contributed by atoms with Gasteiger partial charge < -0.3 is 5.11 Å². The van der Waals surface area contributed by atoms with Gasteiger partial charge in [-0.15, -0.1) is 0 Å². The van der Waals surface area contributed by atoms with Gasteiger partial charge in [0.2, 0.25) is 0 Å². The molecule has 2 atom stereocenters. The Labute approximate surface area is 94.2 Å². The first-order chi connectivity index (χ1) is 6.70. The van der Waals surface area contributed by atoms with E-state index in [0.29, 0.717) is 6.04 Å². The van der Waals surface area contributed by atoms with Crippen molar-refractivity contribution >= 4 is 21.6 Å². The summed E-state index contributed by atoms with van der Waals surface area (Å²) in [5.74, 6) is 2.41. The molecule has 0 aromatic rings. The predicted molar refractivity (Wildman–Crippen MR) is 64.8 cm³/mol. The van der Waals surface area contributed by atoms with Crippen molar-refractivity contribution in [2.75, 3.05) is 24.6 Å². The Morgan fingerprint density at radius 2 is 1.93 bits per heavy atom. The van der Waals surface area contributed by atoms with E-state index in [0.717, 1.165) is 19.5 Å². The van der Waals surface area contributed by atoms with E-state index < -0.39 is 5.60 Å². The van der Waals surface area contributed by atoms with Crippen molar-refractivity contribution in [2.45, 2.75) is 37.8 Å². The summed E-state index contributed by atoms with van der Waals surface area (Å²) in [5, 5.41) is 10.2. The molecule has 0 spiro atoms. The fourth-order valence-corrected chi connectivity index (χ4v) is 4.57. The summed E-state index contributed by atoms with van der Waals surface area (Å²) < 4.78 is 0. The minimum atomic E-state index is -0.431. The zero-order valence-corrected chi connectivity index (χ0v) is 10.4. The van der Waals surface area contributed by atoms with Crippen molar-refractivity contribution in [1.82, 2.24) is 4.90 Å². The lowest BCUT2D eigenvalue weighted by Gasteiger charge is -2.35. The van der Waals surface area contributed by atoms with Gasteiger partial charge >= 0.3 is 0 Å². The Kier molecular flexibility index (Phi) is 3.68. The molecule has 0 aromatic carbocycles. The van der Waals surface area contributed by atoms with Crippen molar-refractivity contribution in [1.29, 1.82) is 0 Å². The monoisotopic (exact) mass is 233 g/mol. The summed E-state index contributed by atoms with van der Waals surface area (Å²) in [6.07, 6.45) is 3.35. The molecule has 2 unspecified atom stereocenters. The van der Waals surface area contributed by atoms with Crippen LogP contribution in [0, 0.1) is 0 Å². The van der Waals surface area contributed by atoms with Crippen LogP contribution < -0.4 is 0 Å². The second kappa shape index (κ2) is 4.64. The standard InChI is InChI=1S/C10H19NOS2/c1-10(12)4-2-3-9(10)11-5-7-13-14-8-6-11/h9,12H,2-8H2,1H3. The van der Waals surface area contributed by atoms with Crippen LogP contribution in [-0.4, -0.2) is 46.2 Å². The lowest BCUT2D eigenvalue weighted by atomic mass is 9.99. The quantitative estimate of drug-likeness (QED) is 0.700. The maximum Gasteiger partial charge on any atom is 0.0774 e. The highest BCUT2D eigenvalue weighted by molar-refractivity contribution is 8.76. The van der Waals surface area contributed by atoms with Crippen LogP contribution in [0.5, 0.6) is 0 Å². The van der Waals surface area contributed by atoms with Gasteiger partial charge in [0.05, 0.1) is 5.60 Å².